The van der Waals surface area contributed by atoms with E-state index in [-0.39, 0.29) is 11.9 Å². The van der Waals surface area contributed by atoms with Gasteiger partial charge >= 0.3 is 5.97 Å². The predicted molar refractivity (Wildman–Crippen MR) is 113 cm³/mol. The first-order chi connectivity index (χ1) is 13.5. The Balaban J connectivity index is 1.65. The number of hydrogen-bond acceptors (Lipinski definition) is 6. The molecule has 2 aromatic carbocycles. The molecule has 0 amide bonds. The van der Waals surface area contributed by atoms with Crippen molar-refractivity contribution in [2.24, 2.45) is 5.92 Å². The van der Waals surface area contributed by atoms with Gasteiger partial charge < -0.3 is 10.1 Å². The molecule has 0 unspecified atom stereocenters. The SMILES string of the molecule is Cc1cc(Nc2ccc(OC(=O)C(C)C)cc2)nc(SCc2ccccc2)n1. The van der Waals surface area contributed by atoms with Gasteiger partial charge in [0.2, 0.25) is 0 Å². The fourth-order valence-corrected chi connectivity index (χ4v) is 3.24. The monoisotopic (exact) mass is 393 g/mol. The molecule has 0 aliphatic heterocycles. The third kappa shape index (κ3) is 5.82. The number of esters is 1. The van der Waals surface area contributed by atoms with E-state index in [9.17, 15) is 4.79 Å². The maximum Gasteiger partial charge on any atom is 0.313 e. The van der Waals surface area contributed by atoms with E-state index >= 15 is 0 Å². The molecule has 0 fully saturated rings. The Labute approximate surface area is 169 Å². The number of thioether (sulfide) groups is 1. The fourth-order valence-electron chi connectivity index (χ4n) is 2.38. The second-order valence-corrected chi connectivity index (χ2v) is 7.62. The van der Waals surface area contributed by atoms with Gasteiger partial charge in [-0.2, -0.15) is 0 Å². The summed E-state index contributed by atoms with van der Waals surface area (Å²) in [6.45, 7) is 5.57. The van der Waals surface area contributed by atoms with Gasteiger partial charge in [-0.05, 0) is 36.8 Å². The van der Waals surface area contributed by atoms with Gasteiger partial charge in [0, 0.05) is 23.2 Å². The summed E-state index contributed by atoms with van der Waals surface area (Å²) in [6, 6.07) is 19.4. The highest BCUT2D eigenvalue weighted by Crippen LogP contribution is 2.24. The molecule has 0 aliphatic rings. The summed E-state index contributed by atoms with van der Waals surface area (Å²) in [5, 5.41) is 4.01. The Morgan fingerprint density at radius 1 is 1.07 bits per heavy atom. The van der Waals surface area contributed by atoms with E-state index < -0.39 is 0 Å². The molecule has 0 spiro atoms. The average Bonchev–Trinajstić information content (AvgIpc) is 2.68. The van der Waals surface area contributed by atoms with Crippen LogP contribution in [-0.4, -0.2) is 15.9 Å². The van der Waals surface area contributed by atoms with Gasteiger partial charge in [-0.1, -0.05) is 55.9 Å². The average molecular weight is 394 g/mol. The quantitative estimate of drug-likeness (QED) is 0.252. The van der Waals surface area contributed by atoms with Crippen molar-refractivity contribution in [1.82, 2.24) is 9.97 Å². The van der Waals surface area contributed by atoms with Crippen LogP contribution < -0.4 is 10.1 Å². The lowest BCUT2D eigenvalue weighted by Gasteiger charge is -2.10. The van der Waals surface area contributed by atoms with Crippen LogP contribution in [0, 0.1) is 12.8 Å². The topological polar surface area (TPSA) is 64.1 Å². The third-order valence-electron chi connectivity index (χ3n) is 3.86. The minimum absolute atomic E-state index is 0.159. The number of benzene rings is 2. The van der Waals surface area contributed by atoms with Gasteiger partial charge in [0.15, 0.2) is 5.16 Å². The summed E-state index contributed by atoms with van der Waals surface area (Å²) in [5.74, 6) is 1.68. The van der Waals surface area contributed by atoms with Crippen LogP contribution in [0.25, 0.3) is 0 Å². The Bertz CT molecular complexity index is 928. The Kier molecular flexibility index (Phi) is 6.66. The molecule has 1 N–H and O–H groups in total. The van der Waals surface area contributed by atoms with Crippen molar-refractivity contribution >= 4 is 29.2 Å². The minimum Gasteiger partial charge on any atom is -0.426 e. The van der Waals surface area contributed by atoms with Crippen LogP contribution in [0.3, 0.4) is 0 Å². The first-order valence-electron chi connectivity index (χ1n) is 9.11. The lowest BCUT2D eigenvalue weighted by atomic mass is 10.2. The molecule has 0 radical (unpaired) electrons. The van der Waals surface area contributed by atoms with Gasteiger partial charge in [0.05, 0.1) is 5.92 Å². The lowest BCUT2D eigenvalue weighted by Crippen LogP contribution is -2.14. The minimum atomic E-state index is -0.243. The van der Waals surface area contributed by atoms with Crippen LogP contribution >= 0.6 is 11.8 Å². The molecule has 0 saturated carbocycles. The van der Waals surface area contributed by atoms with Gasteiger partial charge in [0.1, 0.15) is 11.6 Å². The highest BCUT2D eigenvalue weighted by Gasteiger charge is 2.10. The number of ether oxygens (including phenoxy) is 1. The van der Waals surface area contributed by atoms with E-state index in [0.29, 0.717) is 5.75 Å². The standard InChI is InChI=1S/C22H23N3O2S/c1-15(2)21(26)27-19-11-9-18(10-12-19)24-20-13-16(3)23-22(25-20)28-14-17-7-5-4-6-8-17/h4-13,15H,14H2,1-3H3,(H,23,24,25). The molecular formula is C22H23N3O2S. The number of nitrogens with one attached hydrogen (secondary N) is 1. The van der Waals surface area contributed by atoms with Crippen molar-refractivity contribution in [2.45, 2.75) is 31.7 Å². The number of hydrogen-bond donors (Lipinski definition) is 1. The van der Waals surface area contributed by atoms with E-state index in [1.165, 1.54) is 5.56 Å². The molecule has 1 heterocycles. The zero-order valence-corrected chi connectivity index (χ0v) is 17.0. The molecule has 0 aliphatic carbocycles. The molecule has 3 rings (SSSR count). The summed E-state index contributed by atoms with van der Waals surface area (Å²) in [7, 11) is 0. The number of aromatic nitrogens is 2. The van der Waals surface area contributed by atoms with E-state index in [0.717, 1.165) is 28.1 Å². The zero-order chi connectivity index (χ0) is 19.9. The Hall–Kier alpha value is -2.86. The molecule has 0 bridgehead atoms. The molecule has 6 heteroatoms. The molecule has 0 atom stereocenters. The van der Waals surface area contributed by atoms with Crippen LogP contribution in [0.2, 0.25) is 0 Å². The second-order valence-electron chi connectivity index (χ2n) is 6.68. The Morgan fingerprint density at radius 3 is 2.46 bits per heavy atom. The van der Waals surface area contributed by atoms with Crippen molar-refractivity contribution in [1.29, 1.82) is 0 Å². The highest BCUT2D eigenvalue weighted by atomic mass is 32.2. The largest absolute Gasteiger partial charge is 0.426 e. The highest BCUT2D eigenvalue weighted by molar-refractivity contribution is 7.98. The molecule has 0 saturated heterocycles. The molecule has 5 nitrogen and oxygen atoms in total. The van der Waals surface area contributed by atoms with Crippen LogP contribution in [-0.2, 0) is 10.5 Å². The summed E-state index contributed by atoms with van der Waals surface area (Å²) < 4.78 is 5.30. The molecule has 3 aromatic rings. The van der Waals surface area contributed by atoms with Gasteiger partial charge in [-0.15, -0.1) is 0 Å². The molecule has 1 aromatic heterocycles. The van der Waals surface area contributed by atoms with Crippen molar-refractivity contribution in [3.8, 4) is 5.75 Å². The zero-order valence-electron chi connectivity index (χ0n) is 16.2. The van der Waals surface area contributed by atoms with E-state index in [2.05, 4.69) is 27.4 Å². The molecular weight excluding hydrogens is 370 g/mol. The van der Waals surface area contributed by atoms with Gasteiger partial charge in [0.25, 0.3) is 0 Å². The second kappa shape index (κ2) is 9.37. The van der Waals surface area contributed by atoms with Gasteiger partial charge in [-0.3, -0.25) is 4.79 Å². The summed E-state index contributed by atoms with van der Waals surface area (Å²) >= 11 is 1.60. The van der Waals surface area contributed by atoms with Gasteiger partial charge in [-0.25, -0.2) is 9.97 Å². The summed E-state index contributed by atoms with van der Waals surface area (Å²) in [5.41, 5.74) is 3.00. The number of carbonyl (C=O) groups excluding carboxylic acids is 1. The van der Waals surface area contributed by atoms with Crippen molar-refractivity contribution in [3.63, 3.8) is 0 Å². The smallest absolute Gasteiger partial charge is 0.313 e. The first-order valence-corrected chi connectivity index (χ1v) is 10.1. The van der Waals surface area contributed by atoms with E-state index in [4.69, 9.17) is 4.74 Å². The van der Waals surface area contributed by atoms with Crippen LogP contribution in [0.5, 0.6) is 5.75 Å². The van der Waals surface area contributed by atoms with Crippen LogP contribution in [0.4, 0.5) is 11.5 Å². The lowest BCUT2D eigenvalue weighted by molar-refractivity contribution is -0.137. The predicted octanol–water partition coefficient (Wildman–Crippen LogP) is 5.38. The normalized spacial score (nSPS) is 10.7. The maximum absolute atomic E-state index is 11.7. The van der Waals surface area contributed by atoms with Crippen LogP contribution in [0.15, 0.2) is 65.8 Å². The van der Waals surface area contributed by atoms with E-state index in [1.807, 2.05) is 57.2 Å². The Morgan fingerprint density at radius 2 is 1.79 bits per heavy atom. The maximum atomic E-state index is 11.7. The van der Waals surface area contributed by atoms with Crippen molar-refractivity contribution < 1.29 is 9.53 Å². The number of nitrogens with zero attached hydrogens (tertiary/aromatic N) is 2. The van der Waals surface area contributed by atoms with E-state index in [1.54, 1.807) is 23.9 Å². The summed E-state index contributed by atoms with van der Waals surface area (Å²) in [6.07, 6.45) is 0. The first kappa shape index (κ1) is 19.9. The third-order valence-corrected chi connectivity index (χ3v) is 4.78. The fraction of sp³-hybridized carbons (Fsp3) is 0.227. The molecule has 28 heavy (non-hydrogen) atoms. The molecule has 144 valence electrons. The number of rotatable bonds is 7. The number of aryl methyl sites for hydroxylation is 1. The number of anilines is 2. The number of carbonyl (C=O) groups is 1. The van der Waals surface area contributed by atoms with Crippen LogP contribution in [0.1, 0.15) is 25.1 Å². The van der Waals surface area contributed by atoms with Crippen molar-refractivity contribution in [3.05, 3.63) is 71.9 Å². The van der Waals surface area contributed by atoms with Crippen molar-refractivity contribution in [2.75, 3.05) is 5.32 Å². The summed E-state index contributed by atoms with van der Waals surface area (Å²) in [4.78, 5) is 20.8.